The van der Waals surface area contributed by atoms with Crippen molar-refractivity contribution in [2.45, 2.75) is 311 Å². The van der Waals surface area contributed by atoms with E-state index in [0.29, 0.717) is 0 Å². The van der Waals surface area contributed by atoms with Gasteiger partial charge in [-0.25, -0.2) is 0 Å². The standard InChI is InChI=1S/C62H104N4O45/c1-14-31(77)40(86)43(89)58(97-14)96-13-26-51(37(83)27(54(94)98-26)63-15(2)73)107-57-30(66-18(5)76)39(85)49(23(10-71)103-57)109-61-47(93)52(35(81)25(105-61)12-95-59-44(90)41(87)33(79)20(7-68)100-59)110-62-53(111-55-28(64-16(3)74)36(82)32(78)19(6-67)99-55)46(92)50(24(11-72)104-62)106-56-29(65-17(4)75)38(84)48(22(9-70)102-56)108-60-45(91)42(88)34(80)21(8-69)101-60/h14,19-62,67-72,77-94H,6-13H2,1-5H3,(H,63,73)(H,64,74)(H,65,75)(H,66,76)/t14-,19+,20+,21+,22+,23+,24+,25+,26+,27+,28+,29+,30+,31+,32+,33+,34-,35+,36+,37+,38+,39+,40+,41-,42-,43-,44-,45+,46-,47+,48+,49+,50+,51+,52-,53-,54?,55-,56-,57-,58+,59-,60-,61-,62+/m0/s1. The van der Waals surface area contributed by atoms with Gasteiger partial charge in [0.05, 0.1) is 59.0 Å². The second-order valence-corrected chi connectivity index (χ2v) is 28.2. The van der Waals surface area contributed by atoms with Crippen molar-refractivity contribution in [3.8, 4) is 0 Å². The summed E-state index contributed by atoms with van der Waals surface area (Å²) in [5.41, 5.74) is 0. The Morgan fingerprint density at radius 3 is 1.00 bits per heavy atom. The highest BCUT2D eigenvalue weighted by Crippen LogP contribution is 2.40. The van der Waals surface area contributed by atoms with Gasteiger partial charge in [-0.15, -0.1) is 0 Å². The Labute approximate surface area is 629 Å². The van der Waals surface area contributed by atoms with E-state index in [1.807, 2.05) is 0 Å². The summed E-state index contributed by atoms with van der Waals surface area (Å²) in [5.74, 6) is -3.65. The molecule has 0 aromatic heterocycles. The Morgan fingerprint density at radius 2 is 0.550 bits per heavy atom. The summed E-state index contributed by atoms with van der Waals surface area (Å²) >= 11 is 0. The van der Waals surface area contributed by atoms with E-state index in [0.717, 1.165) is 27.7 Å². The van der Waals surface area contributed by atoms with Crippen molar-refractivity contribution < 1.29 is 222 Å². The second-order valence-electron chi connectivity index (χ2n) is 28.2. The van der Waals surface area contributed by atoms with Crippen LogP contribution < -0.4 is 21.3 Å². The van der Waals surface area contributed by atoms with Crippen molar-refractivity contribution in [1.29, 1.82) is 0 Å². The van der Waals surface area contributed by atoms with E-state index in [1.165, 1.54) is 6.92 Å². The maximum Gasteiger partial charge on any atom is 0.217 e. The predicted octanol–water partition coefficient (Wildman–Crippen LogP) is -19.0. The molecule has 0 aromatic rings. The van der Waals surface area contributed by atoms with Gasteiger partial charge in [0.2, 0.25) is 23.6 Å². The van der Waals surface area contributed by atoms with Gasteiger partial charge in [-0.3, -0.25) is 19.2 Å². The van der Waals surface area contributed by atoms with Crippen LogP contribution in [0.5, 0.6) is 0 Å². The van der Waals surface area contributed by atoms with Gasteiger partial charge in [0.1, 0.15) is 213 Å². The first-order valence-electron chi connectivity index (χ1n) is 35.5. The predicted molar refractivity (Wildman–Crippen MR) is 342 cm³/mol. The molecule has 9 fully saturated rings. The Balaban J connectivity index is 1.06. The highest BCUT2D eigenvalue weighted by molar-refractivity contribution is 5.74. The lowest BCUT2D eigenvalue weighted by Gasteiger charge is -2.52. The molecule has 111 heavy (non-hydrogen) atoms. The van der Waals surface area contributed by atoms with E-state index >= 15 is 0 Å². The molecule has 1 unspecified atom stereocenters. The zero-order valence-electron chi connectivity index (χ0n) is 59.9. The van der Waals surface area contributed by atoms with Crippen molar-refractivity contribution in [2.24, 2.45) is 0 Å². The van der Waals surface area contributed by atoms with Crippen LogP contribution in [-0.4, -0.2) is 475 Å². The van der Waals surface area contributed by atoms with E-state index in [2.05, 4.69) is 21.3 Å². The van der Waals surface area contributed by atoms with E-state index in [1.54, 1.807) is 0 Å². The monoisotopic (exact) mass is 1620 g/mol. The number of aliphatic hydroxyl groups is 24. The van der Waals surface area contributed by atoms with Crippen molar-refractivity contribution in [2.75, 3.05) is 52.9 Å². The lowest BCUT2D eigenvalue weighted by atomic mass is 9.93. The molecule has 9 rings (SSSR count). The number of nitrogens with one attached hydrogen (secondary N) is 4. The molecule has 9 heterocycles. The minimum absolute atomic E-state index is 0.824. The van der Waals surface area contributed by atoms with Crippen molar-refractivity contribution in [3.05, 3.63) is 0 Å². The minimum Gasteiger partial charge on any atom is -0.394 e. The third-order valence-electron chi connectivity index (χ3n) is 20.3. The first-order valence-corrected chi connectivity index (χ1v) is 35.5. The summed E-state index contributed by atoms with van der Waals surface area (Å²) in [4.78, 5) is 51.3. The van der Waals surface area contributed by atoms with Crippen LogP contribution >= 0.6 is 0 Å². The van der Waals surface area contributed by atoms with Crippen LogP contribution in [0.3, 0.4) is 0 Å². The maximum atomic E-state index is 13.1. The summed E-state index contributed by atoms with van der Waals surface area (Å²) in [6, 6.07) is -7.52. The zero-order valence-corrected chi connectivity index (χ0v) is 59.9. The van der Waals surface area contributed by atoms with Crippen LogP contribution in [0.25, 0.3) is 0 Å². The average Bonchev–Trinajstić information content (AvgIpc) is 0.383. The molecule has 45 atom stereocenters. The van der Waals surface area contributed by atoms with Crippen LogP contribution in [0.15, 0.2) is 0 Å². The molecule has 9 aliphatic heterocycles. The normalized spacial score (nSPS) is 49.3. The molecule has 0 aliphatic carbocycles. The third-order valence-corrected chi connectivity index (χ3v) is 20.3. The maximum absolute atomic E-state index is 13.1. The molecular weight excluding hydrogens is 1520 g/mol. The average molecular weight is 1630 g/mol. The fraction of sp³-hybridized carbons (Fsp3) is 0.935. The summed E-state index contributed by atoms with van der Waals surface area (Å²) in [5, 5.41) is 276. The van der Waals surface area contributed by atoms with Crippen molar-refractivity contribution >= 4 is 23.6 Å². The van der Waals surface area contributed by atoms with Gasteiger partial charge in [-0.05, 0) is 6.92 Å². The van der Waals surface area contributed by atoms with Crippen LogP contribution in [0.4, 0.5) is 0 Å². The fourth-order valence-electron chi connectivity index (χ4n) is 14.3. The minimum atomic E-state index is -2.57. The summed E-state index contributed by atoms with van der Waals surface area (Å²) < 4.78 is 101. The Kier molecular flexibility index (Phi) is 32.6. The Hall–Kier alpha value is -3.76. The molecule has 49 nitrogen and oxygen atoms in total. The highest BCUT2D eigenvalue weighted by Gasteiger charge is 2.61. The first-order chi connectivity index (χ1) is 52.4. The van der Waals surface area contributed by atoms with E-state index < -0.39 is 353 Å². The lowest BCUT2D eigenvalue weighted by molar-refractivity contribution is -0.403. The van der Waals surface area contributed by atoms with Crippen LogP contribution in [0.1, 0.15) is 34.6 Å². The zero-order chi connectivity index (χ0) is 81.8. The fourth-order valence-corrected chi connectivity index (χ4v) is 14.3. The lowest BCUT2D eigenvalue weighted by Crippen LogP contribution is -2.71. The van der Waals surface area contributed by atoms with Gasteiger partial charge in [-0.2, -0.15) is 0 Å². The molecule has 49 heteroatoms. The number of amides is 4. The molecule has 0 radical (unpaired) electrons. The third kappa shape index (κ3) is 20.3. The molecular formula is C62H104N4O45. The number of aliphatic hydroxyl groups excluding tert-OH is 24. The van der Waals surface area contributed by atoms with Gasteiger partial charge < -0.3 is 224 Å². The molecule has 0 saturated carbocycles. The molecule has 28 N–H and O–H groups in total. The molecule has 642 valence electrons. The summed E-state index contributed by atoms with van der Waals surface area (Å²) in [7, 11) is 0. The quantitative estimate of drug-likeness (QED) is 0.0346. The Bertz CT molecular complexity index is 2950. The van der Waals surface area contributed by atoms with Gasteiger partial charge in [-0.1, -0.05) is 0 Å². The molecule has 0 spiro atoms. The highest BCUT2D eigenvalue weighted by atomic mass is 16.8. The number of ether oxygens (including phenoxy) is 17. The smallest absolute Gasteiger partial charge is 0.217 e. The van der Waals surface area contributed by atoms with Crippen LogP contribution in [-0.2, 0) is 99.7 Å². The van der Waals surface area contributed by atoms with Gasteiger partial charge in [0, 0.05) is 27.7 Å². The van der Waals surface area contributed by atoms with Crippen LogP contribution in [0, 0.1) is 0 Å². The van der Waals surface area contributed by atoms with E-state index in [9.17, 15) is 142 Å². The number of hydrogen-bond acceptors (Lipinski definition) is 45. The SMILES string of the molecule is CC(=O)N[C@H]1[C@H](O[C@H]2[C@H](O)[C@H](O[C@@H]3O[C@H](CO)[C@@H](O)[C@H](O)[C@H]3NC(C)=O)[C@@H](O[C@@H]3[C@@H](O)[C@H](O[C@H]4[C@H](O)[C@@H](NC(C)=O)[C@H](O[C@H]5[C@H](O)[C@@H](NC(C)=O)C(O)O[C@@H]5CO[C@@H]5O[C@@H](C)[C@@H](O)[C@@H](O)[C@@H]5O)O[C@@H]4CO)O[C@H](CO[C@H]4O[C@H](CO)[C@@H](O)[C@H](O)[C@@H]4O)[C@H]3O)O[C@@H]2CO)O[C@H](CO)[C@@H](O[C@@H]2O[C@H](CO)[C@H](O)[C@H](O)[C@H]2O)[C@@H]1O. The largest absolute Gasteiger partial charge is 0.394 e. The van der Waals surface area contributed by atoms with Gasteiger partial charge in [0.15, 0.2) is 56.6 Å². The van der Waals surface area contributed by atoms with Crippen molar-refractivity contribution in [3.63, 3.8) is 0 Å². The molecule has 9 aliphatic rings. The van der Waals surface area contributed by atoms with Gasteiger partial charge >= 0.3 is 0 Å². The number of carbonyl (C=O) groups is 4. The number of carbonyl (C=O) groups excluding carboxylic acids is 4. The summed E-state index contributed by atoms with van der Waals surface area (Å²) in [6.45, 7) is -3.40. The first kappa shape index (κ1) is 91.1. The van der Waals surface area contributed by atoms with E-state index in [-0.39, 0.29) is 0 Å². The van der Waals surface area contributed by atoms with Gasteiger partial charge in [0.25, 0.3) is 0 Å². The summed E-state index contributed by atoms with van der Waals surface area (Å²) in [6.07, 6.45) is -83.5. The molecule has 0 bridgehead atoms. The molecule has 0 aromatic carbocycles. The number of rotatable bonds is 28. The van der Waals surface area contributed by atoms with E-state index in [4.69, 9.17) is 80.5 Å². The van der Waals surface area contributed by atoms with Crippen LogP contribution in [0.2, 0.25) is 0 Å². The number of hydrogen-bond donors (Lipinski definition) is 28. The molecule has 4 amide bonds. The topological polar surface area (TPSA) is 759 Å². The second kappa shape index (κ2) is 39.7. The Morgan fingerprint density at radius 1 is 0.252 bits per heavy atom. The van der Waals surface area contributed by atoms with Crippen molar-refractivity contribution in [1.82, 2.24) is 21.3 Å². The molecule has 9 saturated heterocycles.